The first-order valence-corrected chi connectivity index (χ1v) is 6.84. The Bertz CT molecular complexity index is 417. The lowest BCUT2D eigenvalue weighted by atomic mass is 9.74. The highest BCUT2D eigenvalue weighted by Gasteiger charge is 2.31. The Morgan fingerprint density at radius 2 is 2.11 bits per heavy atom. The van der Waals surface area contributed by atoms with Gasteiger partial charge in [0, 0.05) is 18.0 Å². The Hall–Kier alpha value is -1.49. The zero-order chi connectivity index (χ0) is 13.7. The molecule has 1 aromatic rings. The molecule has 5 nitrogen and oxygen atoms in total. The summed E-state index contributed by atoms with van der Waals surface area (Å²) in [5.41, 5.74) is 6.47. The molecule has 1 aromatic heterocycles. The van der Waals surface area contributed by atoms with E-state index in [-0.39, 0.29) is 12.0 Å². The van der Waals surface area contributed by atoms with Crippen LogP contribution in [0.1, 0.15) is 32.1 Å². The van der Waals surface area contributed by atoms with Crippen molar-refractivity contribution < 1.29 is 9.84 Å². The Morgan fingerprint density at radius 3 is 2.74 bits per heavy atom. The van der Waals surface area contributed by atoms with E-state index in [1.165, 1.54) is 19.3 Å². The number of nitrogens with two attached hydrogens (primary N) is 1. The van der Waals surface area contributed by atoms with Gasteiger partial charge in [-0.05, 0) is 18.9 Å². The predicted molar refractivity (Wildman–Crippen MR) is 76.3 cm³/mol. The molecule has 1 aliphatic rings. The van der Waals surface area contributed by atoms with E-state index < -0.39 is 0 Å². The summed E-state index contributed by atoms with van der Waals surface area (Å²) in [7, 11) is 1.58. The van der Waals surface area contributed by atoms with E-state index in [1.807, 2.05) is 0 Å². The van der Waals surface area contributed by atoms with Crippen LogP contribution in [-0.2, 0) is 0 Å². The van der Waals surface area contributed by atoms with Gasteiger partial charge < -0.3 is 20.9 Å². The van der Waals surface area contributed by atoms with Gasteiger partial charge in [0.05, 0.1) is 19.4 Å². The number of nitrogens with one attached hydrogen (secondary N) is 1. The quantitative estimate of drug-likeness (QED) is 0.759. The average molecular weight is 265 g/mol. The van der Waals surface area contributed by atoms with Crippen molar-refractivity contribution in [1.29, 1.82) is 0 Å². The van der Waals surface area contributed by atoms with E-state index in [9.17, 15) is 5.11 Å². The molecule has 0 aliphatic heterocycles. The number of hydrogen-bond donors (Lipinski definition) is 3. The zero-order valence-corrected chi connectivity index (χ0v) is 11.5. The number of nitrogen functional groups attached to an aromatic ring is 1. The summed E-state index contributed by atoms with van der Waals surface area (Å²) < 4.78 is 5.10. The first kappa shape index (κ1) is 13.9. The number of ether oxygens (including phenoxy) is 1. The molecule has 106 valence electrons. The van der Waals surface area contributed by atoms with Crippen molar-refractivity contribution in [3.63, 3.8) is 0 Å². The number of pyridine rings is 1. The molecule has 5 heteroatoms. The number of methoxy groups -OCH3 is 1. The van der Waals surface area contributed by atoms with E-state index in [0.717, 1.165) is 12.8 Å². The van der Waals surface area contributed by atoms with Gasteiger partial charge in [-0.15, -0.1) is 0 Å². The summed E-state index contributed by atoms with van der Waals surface area (Å²) in [6.45, 7) is 0.914. The standard InChI is InChI=1S/C14H23N3O2/c1-19-12-6-5-11(15)13(17-12)16-9-14(10-18)7-3-2-4-8-14/h5-6,18H,2-4,7-10,15H2,1H3,(H,16,17). The van der Waals surface area contributed by atoms with Crippen molar-refractivity contribution in [3.05, 3.63) is 12.1 Å². The molecule has 1 heterocycles. The van der Waals surface area contributed by atoms with Crippen LogP contribution in [0.25, 0.3) is 0 Å². The minimum atomic E-state index is -0.0323. The average Bonchev–Trinajstić information content (AvgIpc) is 2.47. The minimum absolute atomic E-state index is 0.0323. The van der Waals surface area contributed by atoms with Crippen LogP contribution >= 0.6 is 0 Å². The van der Waals surface area contributed by atoms with Gasteiger partial charge in [0.15, 0.2) is 5.82 Å². The number of nitrogens with zero attached hydrogens (tertiary/aromatic N) is 1. The van der Waals surface area contributed by atoms with Crippen LogP contribution in [0.4, 0.5) is 11.5 Å². The van der Waals surface area contributed by atoms with Crippen LogP contribution in [0.2, 0.25) is 0 Å². The molecule has 0 bridgehead atoms. The Morgan fingerprint density at radius 1 is 1.37 bits per heavy atom. The third-order valence-corrected chi connectivity index (χ3v) is 3.99. The summed E-state index contributed by atoms with van der Waals surface area (Å²) in [4.78, 5) is 4.30. The van der Waals surface area contributed by atoms with Gasteiger partial charge in [0.25, 0.3) is 0 Å². The first-order valence-electron chi connectivity index (χ1n) is 6.84. The summed E-state index contributed by atoms with van der Waals surface area (Å²) in [5, 5.41) is 12.9. The normalized spacial score (nSPS) is 18.0. The van der Waals surface area contributed by atoms with Crippen LogP contribution in [-0.4, -0.2) is 30.4 Å². The van der Waals surface area contributed by atoms with Crippen LogP contribution in [0, 0.1) is 5.41 Å². The molecule has 19 heavy (non-hydrogen) atoms. The molecular weight excluding hydrogens is 242 g/mol. The summed E-state index contributed by atoms with van der Waals surface area (Å²) in [6, 6.07) is 3.52. The molecular formula is C14H23N3O2. The second kappa shape index (κ2) is 6.10. The van der Waals surface area contributed by atoms with E-state index in [0.29, 0.717) is 23.9 Å². The molecule has 1 aliphatic carbocycles. The molecule has 1 saturated carbocycles. The second-order valence-electron chi connectivity index (χ2n) is 5.36. The van der Waals surface area contributed by atoms with Crippen molar-refractivity contribution >= 4 is 11.5 Å². The maximum absolute atomic E-state index is 9.67. The lowest BCUT2D eigenvalue weighted by Crippen LogP contribution is -2.35. The number of hydrogen-bond acceptors (Lipinski definition) is 5. The monoisotopic (exact) mass is 265 g/mol. The number of aliphatic hydroxyl groups excluding tert-OH is 1. The highest BCUT2D eigenvalue weighted by molar-refractivity contribution is 5.62. The predicted octanol–water partition coefficient (Wildman–Crippen LogP) is 2.03. The maximum Gasteiger partial charge on any atom is 0.215 e. The first-order chi connectivity index (χ1) is 9.19. The number of aromatic nitrogens is 1. The highest BCUT2D eigenvalue weighted by atomic mass is 16.5. The lowest BCUT2D eigenvalue weighted by Gasteiger charge is -2.35. The third-order valence-electron chi connectivity index (χ3n) is 3.99. The van der Waals surface area contributed by atoms with Crippen LogP contribution in [0.3, 0.4) is 0 Å². The molecule has 0 amide bonds. The van der Waals surface area contributed by atoms with Crippen LogP contribution < -0.4 is 15.8 Å². The van der Waals surface area contributed by atoms with E-state index in [1.54, 1.807) is 19.2 Å². The van der Waals surface area contributed by atoms with Crippen molar-refractivity contribution in [3.8, 4) is 5.88 Å². The molecule has 2 rings (SSSR count). The SMILES string of the molecule is COc1ccc(N)c(NCC2(CO)CCCCC2)n1. The summed E-state index contributed by atoms with van der Waals surface area (Å²) in [5.74, 6) is 1.18. The summed E-state index contributed by atoms with van der Waals surface area (Å²) >= 11 is 0. The molecule has 0 spiro atoms. The second-order valence-corrected chi connectivity index (χ2v) is 5.36. The number of anilines is 2. The Kier molecular flexibility index (Phi) is 4.47. The number of rotatable bonds is 5. The maximum atomic E-state index is 9.67. The fourth-order valence-electron chi connectivity index (χ4n) is 2.67. The van der Waals surface area contributed by atoms with Crippen molar-refractivity contribution in [1.82, 2.24) is 4.98 Å². The highest BCUT2D eigenvalue weighted by Crippen LogP contribution is 2.36. The molecule has 4 N–H and O–H groups in total. The molecule has 1 fully saturated rings. The fraction of sp³-hybridized carbons (Fsp3) is 0.643. The largest absolute Gasteiger partial charge is 0.481 e. The molecule has 0 aromatic carbocycles. The summed E-state index contributed by atoms with van der Waals surface area (Å²) in [6.07, 6.45) is 5.74. The van der Waals surface area contributed by atoms with Gasteiger partial charge in [0.2, 0.25) is 5.88 Å². The van der Waals surface area contributed by atoms with E-state index in [2.05, 4.69) is 10.3 Å². The van der Waals surface area contributed by atoms with Crippen molar-refractivity contribution in [2.24, 2.45) is 5.41 Å². The Balaban J connectivity index is 2.04. The van der Waals surface area contributed by atoms with E-state index >= 15 is 0 Å². The molecule has 0 saturated heterocycles. The van der Waals surface area contributed by atoms with Gasteiger partial charge >= 0.3 is 0 Å². The minimum Gasteiger partial charge on any atom is -0.481 e. The Labute approximate surface area is 114 Å². The van der Waals surface area contributed by atoms with Gasteiger partial charge in [-0.1, -0.05) is 19.3 Å². The third kappa shape index (κ3) is 3.29. The van der Waals surface area contributed by atoms with E-state index in [4.69, 9.17) is 10.5 Å². The van der Waals surface area contributed by atoms with Crippen molar-refractivity contribution in [2.75, 3.05) is 31.3 Å². The zero-order valence-electron chi connectivity index (χ0n) is 11.5. The van der Waals surface area contributed by atoms with Gasteiger partial charge in [-0.2, -0.15) is 4.98 Å². The van der Waals surface area contributed by atoms with Gasteiger partial charge in [-0.3, -0.25) is 0 Å². The van der Waals surface area contributed by atoms with Crippen LogP contribution in [0.15, 0.2) is 12.1 Å². The molecule has 0 radical (unpaired) electrons. The fourth-order valence-corrected chi connectivity index (χ4v) is 2.67. The lowest BCUT2D eigenvalue weighted by molar-refractivity contribution is 0.0943. The van der Waals surface area contributed by atoms with Gasteiger partial charge in [0.1, 0.15) is 0 Å². The topological polar surface area (TPSA) is 80.4 Å². The van der Waals surface area contributed by atoms with Gasteiger partial charge in [-0.25, -0.2) is 0 Å². The molecule has 0 atom stereocenters. The smallest absolute Gasteiger partial charge is 0.215 e. The van der Waals surface area contributed by atoms with Crippen LogP contribution in [0.5, 0.6) is 5.88 Å². The van der Waals surface area contributed by atoms with Crippen molar-refractivity contribution in [2.45, 2.75) is 32.1 Å². The molecule has 0 unspecified atom stereocenters. The number of aliphatic hydroxyl groups is 1.